The van der Waals surface area contributed by atoms with Gasteiger partial charge in [-0.25, -0.2) is 0 Å². The minimum atomic E-state index is -0.837. The summed E-state index contributed by atoms with van der Waals surface area (Å²) >= 11 is 1.56. The number of carbonyl (C=O) groups is 1. The van der Waals surface area contributed by atoms with Crippen molar-refractivity contribution >= 4 is 17.2 Å². The Morgan fingerprint density at radius 2 is 2.14 bits per heavy atom. The Hall–Kier alpha value is -2.44. The number of aromatic nitrogens is 2. The fraction of sp³-hybridized carbons (Fsp3) is 0.364. The number of thiophene rings is 1. The van der Waals surface area contributed by atoms with Crippen molar-refractivity contribution in [2.75, 3.05) is 6.54 Å². The predicted octanol–water partition coefficient (Wildman–Crippen LogP) is 4.04. The molecule has 6 heteroatoms. The van der Waals surface area contributed by atoms with Crippen LogP contribution in [0.5, 0.6) is 0 Å². The molecule has 0 spiro atoms. The molecule has 28 heavy (non-hydrogen) atoms. The van der Waals surface area contributed by atoms with E-state index in [4.69, 9.17) is 0 Å². The summed E-state index contributed by atoms with van der Waals surface area (Å²) < 4.78 is 0. The van der Waals surface area contributed by atoms with E-state index in [-0.39, 0.29) is 11.9 Å². The Labute approximate surface area is 168 Å². The smallest absolute Gasteiger partial charge is 0.254 e. The van der Waals surface area contributed by atoms with Crippen molar-refractivity contribution in [2.24, 2.45) is 5.92 Å². The fourth-order valence-corrected chi connectivity index (χ4v) is 5.77. The Balaban J connectivity index is 1.39. The number of benzene rings is 1. The molecule has 3 heterocycles. The summed E-state index contributed by atoms with van der Waals surface area (Å²) in [5.74, 6) is 0.438. The molecule has 3 aromatic rings. The van der Waals surface area contributed by atoms with Gasteiger partial charge in [0.2, 0.25) is 0 Å². The number of aromatic amines is 1. The molecular weight excluding hydrogens is 370 g/mol. The Bertz CT molecular complexity index is 969. The van der Waals surface area contributed by atoms with E-state index < -0.39 is 5.60 Å². The molecule has 1 saturated heterocycles. The van der Waals surface area contributed by atoms with Gasteiger partial charge in [-0.1, -0.05) is 30.3 Å². The van der Waals surface area contributed by atoms with Crippen molar-refractivity contribution in [1.82, 2.24) is 15.1 Å². The van der Waals surface area contributed by atoms with Crippen LogP contribution in [-0.2, 0) is 5.60 Å². The SMILES string of the molecule is O=C(c1csc(-c2cn[nH]c2)c1)N1CCCC2CC(O)(c3ccccc3)CC21. The number of aliphatic hydroxyl groups is 1. The second kappa shape index (κ2) is 6.87. The maximum atomic E-state index is 13.3. The van der Waals surface area contributed by atoms with Crippen LogP contribution in [0.1, 0.15) is 41.6 Å². The third-order valence-electron chi connectivity index (χ3n) is 6.27. The highest BCUT2D eigenvalue weighted by molar-refractivity contribution is 7.13. The van der Waals surface area contributed by atoms with Crippen molar-refractivity contribution in [3.63, 3.8) is 0 Å². The van der Waals surface area contributed by atoms with Gasteiger partial charge in [0, 0.05) is 41.0 Å². The van der Waals surface area contributed by atoms with Crippen molar-refractivity contribution < 1.29 is 9.90 Å². The third kappa shape index (κ3) is 2.97. The van der Waals surface area contributed by atoms with Gasteiger partial charge in [0.15, 0.2) is 0 Å². The summed E-state index contributed by atoms with van der Waals surface area (Å²) in [5, 5.41) is 20.1. The maximum Gasteiger partial charge on any atom is 0.254 e. The minimum absolute atomic E-state index is 0.0815. The van der Waals surface area contributed by atoms with E-state index in [1.807, 2.05) is 52.9 Å². The monoisotopic (exact) mass is 393 g/mol. The van der Waals surface area contributed by atoms with Crippen molar-refractivity contribution in [2.45, 2.75) is 37.3 Å². The van der Waals surface area contributed by atoms with Crippen LogP contribution in [0.3, 0.4) is 0 Å². The zero-order chi connectivity index (χ0) is 19.1. The third-order valence-corrected chi connectivity index (χ3v) is 7.25. The van der Waals surface area contributed by atoms with Crippen LogP contribution in [0.2, 0.25) is 0 Å². The second-order valence-corrected chi connectivity index (χ2v) is 8.87. The molecule has 2 aromatic heterocycles. The summed E-state index contributed by atoms with van der Waals surface area (Å²) in [5.41, 5.74) is 1.86. The van der Waals surface area contributed by atoms with Crippen molar-refractivity contribution in [3.8, 4) is 10.4 Å². The molecule has 0 bridgehead atoms. The number of nitrogens with one attached hydrogen (secondary N) is 1. The number of amides is 1. The molecule has 5 rings (SSSR count). The van der Waals surface area contributed by atoms with Crippen LogP contribution >= 0.6 is 11.3 Å². The van der Waals surface area contributed by atoms with Gasteiger partial charge in [-0.05, 0) is 36.8 Å². The standard InChI is InChI=1S/C22H23N3O2S/c26-21(16-9-20(28-14-16)17-12-23-24-13-17)25-8-4-5-15-10-22(27,11-19(15)25)18-6-2-1-3-7-18/h1-3,6-7,9,12-15,19,27H,4-5,8,10-11H2,(H,23,24). The number of likely N-dealkylation sites (tertiary alicyclic amines) is 1. The quantitative estimate of drug-likeness (QED) is 0.706. The number of piperidine rings is 1. The van der Waals surface area contributed by atoms with Crippen LogP contribution in [0, 0.1) is 5.92 Å². The van der Waals surface area contributed by atoms with E-state index >= 15 is 0 Å². The molecule has 2 fully saturated rings. The average molecular weight is 394 g/mol. The Morgan fingerprint density at radius 3 is 2.93 bits per heavy atom. The first-order chi connectivity index (χ1) is 13.6. The van der Waals surface area contributed by atoms with E-state index in [1.54, 1.807) is 17.5 Å². The fourth-order valence-electron chi connectivity index (χ4n) is 4.90. The van der Waals surface area contributed by atoms with Crippen LogP contribution < -0.4 is 0 Å². The lowest BCUT2D eigenvalue weighted by molar-refractivity contribution is 0.0331. The van der Waals surface area contributed by atoms with Gasteiger partial charge in [-0.3, -0.25) is 9.89 Å². The number of fused-ring (bicyclic) bond motifs is 1. The summed E-state index contributed by atoms with van der Waals surface area (Å²) in [6.45, 7) is 0.766. The van der Waals surface area contributed by atoms with Gasteiger partial charge in [-0.2, -0.15) is 5.10 Å². The lowest BCUT2D eigenvalue weighted by Gasteiger charge is -2.37. The molecule has 1 aliphatic carbocycles. The Morgan fingerprint density at radius 1 is 1.29 bits per heavy atom. The zero-order valence-electron chi connectivity index (χ0n) is 15.5. The lowest BCUT2D eigenvalue weighted by Crippen LogP contribution is -2.46. The Kier molecular flexibility index (Phi) is 4.33. The average Bonchev–Trinajstić information content (AvgIpc) is 3.46. The molecule has 2 N–H and O–H groups in total. The van der Waals surface area contributed by atoms with E-state index in [1.165, 1.54) is 0 Å². The van der Waals surface area contributed by atoms with E-state index in [0.717, 1.165) is 47.4 Å². The zero-order valence-corrected chi connectivity index (χ0v) is 16.4. The van der Waals surface area contributed by atoms with Crippen LogP contribution in [-0.4, -0.2) is 38.7 Å². The maximum absolute atomic E-state index is 13.3. The molecule has 1 amide bonds. The highest BCUT2D eigenvalue weighted by atomic mass is 32.1. The van der Waals surface area contributed by atoms with Crippen LogP contribution in [0.25, 0.3) is 10.4 Å². The number of hydrogen-bond donors (Lipinski definition) is 2. The molecule has 3 atom stereocenters. The van der Waals surface area contributed by atoms with E-state index in [2.05, 4.69) is 10.2 Å². The minimum Gasteiger partial charge on any atom is -0.385 e. The summed E-state index contributed by atoms with van der Waals surface area (Å²) in [6.07, 6.45) is 7.04. The molecule has 0 radical (unpaired) electrons. The van der Waals surface area contributed by atoms with Crippen LogP contribution in [0.15, 0.2) is 54.2 Å². The van der Waals surface area contributed by atoms with Crippen LogP contribution in [0.4, 0.5) is 0 Å². The first-order valence-corrected chi connectivity index (χ1v) is 10.7. The number of rotatable bonds is 3. The molecule has 1 saturated carbocycles. The molecule has 3 unspecified atom stereocenters. The second-order valence-electron chi connectivity index (χ2n) is 7.96. The van der Waals surface area contributed by atoms with E-state index in [0.29, 0.717) is 12.3 Å². The summed E-state index contributed by atoms with van der Waals surface area (Å²) in [4.78, 5) is 16.4. The molecule has 2 aliphatic rings. The predicted molar refractivity (Wildman–Crippen MR) is 109 cm³/mol. The molecule has 1 aromatic carbocycles. The van der Waals surface area contributed by atoms with Crippen molar-refractivity contribution in [3.05, 3.63) is 65.3 Å². The van der Waals surface area contributed by atoms with Gasteiger partial charge >= 0.3 is 0 Å². The number of hydrogen-bond acceptors (Lipinski definition) is 4. The van der Waals surface area contributed by atoms with Gasteiger partial charge in [0.25, 0.3) is 5.91 Å². The highest BCUT2D eigenvalue weighted by Gasteiger charge is 2.49. The summed E-state index contributed by atoms with van der Waals surface area (Å²) in [7, 11) is 0. The molecule has 144 valence electrons. The number of H-pyrrole nitrogens is 1. The molecule has 5 nitrogen and oxygen atoms in total. The van der Waals surface area contributed by atoms with Crippen molar-refractivity contribution in [1.29, 1.82) is 0 Å². The molecular formula is C22H23N3O2S. The number of carbonyl (C=O) groups excluding carboxylic acids is 1. The van der Waals surface area contributed by atoms with Gasteiger partial charge < -0.3 is 10.0 Å². The topological polar surface area (TPSA) is 69.2 Å². The first kappa shape index (κ1) is 17.6. The lowest BCUT2D eigenvalue weighted by atomic mass is 9.89. The van der Waals surface area contributed by atoms with E-state index in [9.17, 15) is 9.90 Å². The van der Waals surface area contributed by atoms with Gasteiger partial charge in [0.05, 0.1) is 17.4 Å². The highest BCUT2D eigenvalue weighted by Crippen LogP contribution is 2.48. The van der Waals surface area contributed by atoms with Gasteiger partial charge in [0.1, 0.15) is 0 Å². The largest absolute Gasteiger partial charge is 0.385 e. The molecule has 1 aliphatic heterocycles. The summed E-state index contributed by atoms with van der Waals surface area (Å²) in [6, 6.07) is 12.0. The normalized spacial score (nSPS) is 27.0. The first-order valence-electron chi connectivity index (χ1n) is 9.81. The number of nitrogens with zero attached hydrogens (tertiary/aromatic N) is 2. The van der Waals surface area contributed by atoms with Gasteiger partial charge in [-0.15, -0.1) is 11.3 Å².